The summed E-state index contributed by atoms with van der Waals surface area (Å²) in [7, 11) is 3.87. The van der Waals surface area contributed by atoms with Crippen LogP contribution in [0.1, 0.15) is 22.8 Å². The number of nitrogens with one attached hydrogen (secondary N) is 1. The van der Waals surface area contributed by atoms with Crippen molar-refractivity contribution >= 4 is 69.3 Å². The summed E-state index contributed by atoms with van der Waals surface area (Å²) in [5, 5.41) is 4.11. The van der Waals surface area contributed by atoms with E-state index < -0.39 is 0 Å². The largest absolute Gasteiger partial charge is 0.415 e. The lowest BCUT2D eigenvalue weighted by molar-refractivity contribution is -0.127. The smallest absolute Gasteiger partial charge is 0.258 e. The Bertz CT molecular complexity index is 1530. The van der Waals surface area contributed by atoms with E-state index in [0.29, 0.717) is 69.3 Å². The second-order valence-corrected chi connectivity index (χ2v) is 11.2. The third kappa shape index (κ3) is 6.85. The number of nitrogens with zero attached hydrogens (tertiary/aromatic N) is 3. The van der Waals surface area contributed by atoms with Gasteiger partial charge in [0, 0.05) is 62.1 Å². The monoisotopic (exact) mass is 627 g/mol. The summed E-state index contributed by atoms with van der Waals surface area (Å²) >= 11 is 19.4. The number of anilines is 3. The van der Waals surface area contributed by atoms with Crippen LogP contribution in [0.5, 0.6) is 0 Å². The first-order chi connectivity index (χ1) is 20.0. The normalized spacial score (nSPS) is 13.8. The third-order valence-corrected chi connectivity index (χ3v) is 8.03. The van der Waals surface area contributed by atoms with Gasteiger partial charge in [-0.15, -0.1) is 0 Å². The second kappa shape index (κ2) is 13.5. The number of carbonyl (C=O) groups is 2. The average molecular weight is 629 g/mol. The molecule has 0 aliphatic carbocycles. The van der Waals surface area contributed by atoms with E-state index in [-0.39, 0.29) is 23.1 Å². The van der Waals surface area contributed by atoms with E-state index in [9.17, 15) is 9.59 Å². The Morgan fingerprint density at radius 3 is 2.17 bits per heavy atom. The first kappa shape index (κ1) is 31.3. The summed E-state index contributed by atoms with van der Waals surface area (Å²) < 4.78 is 0. The lowest BCUT2D eigenvalue weighted by Gasteiger charge is -2.37. The summed E-state index contributed by atoms with van der Waals surface area (Å²) in [5.41, 5.74) is 3.92. The molecular weight excluding hydrogens is 597 g/mol. The highest BCUT2D eigenvalue weighted by Gasteiger charge is 2.29. The minimum atomic E-state index is -0.290. The molecule has 0 unspecified atom stereocenters. The highest BCUT2D eigenvalue weighted by Crippen LogP contribution is 2.36. The number of carbonyl (C=O) groups excluding carboxylic acids is 2. The van der Waals surface area contributed by atoms with Crippen LogP contribution in [0.15, 0.2) is 78.6 Å². The van der Waals surface area contributed by atoms with Gasteiger partial charge in [-0.3, -0.25) is 9.59 Å². The van der Waals surface area contributed by atoms with E-state index in [2.05, 4.69) is 11.9 Å². The van der Waals surface area contributed by atoms with Crippen molar-refractivity contribution in [3.8, 4) is 0 Å². The molecule has 0 spiro atoms. The lowest BCUT2D eigenvalue weighted by atomic mass is 9.97. The van der Waals surface area contributed by atoms with Crippen molar-refractivity contribution in [2.24, 2.45) is 5.90 Å². The Hall–Kier alpha value is -3.69. The number of piperazine rings is 1. The molecule has 0 radical (unpaired) electrons. The molecule has 42 heavy (non-hydrogen) atoms. The fourth-order valence-electron chi connectivity index (χ4n) is 4.68. The molecule has 0 bridgehead atoms. The number of hydrogen-bond acceptors (Lipinski definition) is 6. The van der Waals surface area contributed by atoms with Gasteiger partial charge in [-0.2, -0.15) is 5.90 Å². The quantitative estimate of drug-likeness (QED) is 0.128. The summed E-state index contributed by atoms with van der Waals surface area (Å²) in [6.07, 6.45) is 0. The topological polar surface area (TPSA) is 91.1 Å². The summed E-state index contributed by atoms with van der Waals surface area (Å²) in [6, 6.07) is 17.8. The van der Waals surface area contributed by atoms with Crippen LogP contribution in [0, 0.1) is 0 Å². The molecule has 4 rings (SSSR count). The number of benzene rings is 3. The van der Waals surface area contributed by atoms with E-state index in [1.54, 1.807) is 54.3 Å². The molecule has 2 amide bonds. The van der Waals surface area contributed by atoms with E-state index >= 15 is 0 Å². The summed E-state index contributed by atoms with van der Waals surface area (Å²) in [6.45, 7) is 7.50. The molecule has 1 heterocycles. The molecule has 3 aromatic rings. The average Bonchev–Trinajstić information content (AvgIpc) is 2.98. The zero-order valence-corrected chi connectivity index (χ0v) is 25.9. The maximum atomic E-state index is 13.7. The van der Waals surface area contributed by atoms with E-state index in [0.717, 1.165) is 5.69 Å². The molecule has 1 aliphatic heterocycles. The van der Waals surface area contributed by atoms with Gasteiger partial charge in [-0.1, -0.05) is 59.6 Å². The molecule has 8 nitrogen and oxygen atoms in total. The molecule has 0 aromatic heterocycles. The van der Waals surface area contributed by atoms with Crippen molar-refractivity contribution in [3.63, 3.8) is 0 Å². The molecule has 1 aliphatic rings. The number of amides is 2. The van der Waals surface area contributed by atoms with E-state index in [1.807, 2.05) is 42.1 Å². The summed E-state index contributed by atoms with van der Waals surface area (Å²) in [4.78, 5) is 37.3. The molecule has 0 atom stereocenters. The molecule has 1 fully saturated rings. The maximum Gasteiger partial charge on any atom is 0.258 e. The standard InChI is InChI=1S/C31H32Cl3N5O3/c1-19(23-7-5-6-8-24(23)32)29(20(2)42-35)31(41)39-15-13-38(14-16-39)28-18-27(25(33)17-26(28)34)36-30(40)21-9-11-22(12-10-21)37(3)4/h5-12,17-18H,1,13-16,35H2,2-4H3,(H,36,40)/b29-20+. The van der Waals surface area contributed by atoms with Gasteiger partial charge in [0.2, 0.25) is 0 Å². The number of allylic oxidation sites excluding steroid dienone is 1. The predicted molar refractivity (Wildman–Crippen MR) is 172 cm³/mol. The molecule has 1 saturated heterocycles. The van der Waals surface area contributed by atoms with Crippen LogP contribution in [0.25, 0.3) is 5.57 Å². The molecule has 0 saturated carbocycles. The van der Waals surface area contributed by atoms with Crippen molar-refractivity contribution in [3.05, 3.63) is 105 Å². The third-order valence-electron chi connectivity index (χ3n) is 7.08. The van der Waals surface area contributed by atoms with E-state index in [4.69, 9.17) is 45.5 Å². The molecule has 220 valence electrons. The second-order valence-electron chi connectivity index (χ2n) is 9.97. The zero-order chi connectivity index (χ0) is 30.6. The van der Waals surface area contributed by atoms with Crippen molar-refractivity contribution in [1.82, 2.24) is 4.90 Å². The Kier molecular flexibility index (Phi) is 10.1. The fourth-order valence-corrected chi connectivity index (χ4v) is 5.48. The van der Waals surface area contributed by atoms with Crippen LogP contribution >= 0.6 is 34.8 Å². The van der Waals surface area contributed by atoms with Crippen molar-refractivity contribution in [2.75, 3.05) is 55.4 Å². The Morgan fingerprint density at radius 2 is 1.57 bits per heavy atom. The first-order valence-corrected chi connectivity index (χ1v) is 14.3. The van der Waals surface area contributed by atoms with Gasteiger partial charge in [0.05, 0.1) is 27.0 Å². The number of nitrogens with two attached hydrogens (primary N) is 1. The number of rotatable bonds is 8. The Labute approximate surface area is 260 Å². The predicted octanol–water partition coefficient (Wildman–Crippen LogP) is 6.49. The van der Waals surface area contributed by atoms with Gasteiger partial charge in [0.1, 0.15) is 5.76 Å². The van der Waals surface area contributed by atoms with Crippen molar-refractivity contribution in [2.45, 2.75) is 6.92 Å². The lowest BCUT2D eigenvalue weighted by Crippen LogP contribution is -2.49. The van der Waals surface area contributed by atoms with Crippen LogP contribution < -0.4 is 21.0 Å². The SMILES string of the molecule is C=C(/C(C(=O)N1CCN(c2cc(NC(=O)c3ccc(N(C)C)cc3)c(Cl)cc2Cl)CC1)=C(/C)ON)c1ccccc1Cl. The first-order valence-electron chi connectivity index (χ1n) is 13.2. The Balaban J connectivity index is 1.49. The van der Waals surface area contributed by atoms with Gasteiger partial charge >= 0.3 is 0 Å². The van der Waals surface area contributed by atoms with Crippen LogP contribution in [0.3, 0.4) is 0 Å². The highest BCUT2D eigenvalue weighted by atomic mass is 35.5. The molecule has 3 N–H and O–H groups in total. The molecule has 3 aromatic carbocycles. The van der Waals surface area contributed by atoms with Gasteiger partial charge in [-0.05, 0) is 55.0 Å². The minimum Gasteiger partial charge on any atom is -0.415 e. The Morgan fingerprint density at radius 1 is 0.929 bits per heavy atom. The van der Waals surface area contributed by atoms with Gasteiger partial charge < -0.3 is 24.9 Å². The van der Waals surface area contributed by atoms with Crippen molar-refractivity contribution in [1.29, 1.82) is 0 Å². The molecular formula is C31H32Cl3N5O3. The van der Waals surface area contributed by atoms with Crippen LogP contribution in [-0.4, -0.2) is 57.0 Å². The van der Waals surface area contributed by atoms with Crippen LogP contribution in [0.4, 0.5) is 17.1 Å². The fraction of sp³-hybridized carbons (Fsp3) is 0.226. The highest BCUT2D eigenvalue weighted by molar-refractivity contribution is 6.38. The van der Waals surface area contributed by atoms with Gasteiger partial charge in [0.25, 0.3) is 11.8 Å². The van der Waals surface area contributed by atoms with Crippen molar-refractivity contribution < 1.29 is 14.4 Å². The summed E-state index contributed by atoms with van der Waals surface area (Å²) in [5.74, 6) is 5.14. The number of halogens is 3. The zero-order valence-electron chi connectivity index (χ0n) is 23.6. The molecule has 11 heteroatoms. The number of hydrogen-bond donors (Lipinski definition) is 2. The van der Waals surface area contributed by atoms with Crippen LogP contribution in [0.2, 0.25) is 15.1 Å². The minimum absolute atomic E-state index is 0.241. The maximum absolute atomic E-state index is 13.7. The van der Waals surface area contributed by atoms with Gasteiger partial charge in [-0.25, -0.2) is 0 Å². The van der Waals surface area contributed by atoms with Crippen LogP contribution in [-0.2, 0) is 9.63 Å². The van der Waals surface area contributed by atoms with E-state index in [1.165, 1.54) is 0 Å². The van der Waals surface area contributed by atoms with Gasteiger partial charge in [0.15, 0.2) is 0 Å².